The van der Waals surface area contributed by atoms with E-state index in [4.69, 9.17) is 10.1 Å². The van der Waals surface area contributed by atoms with Crippen LogP contribution in [0, 0.1) is 11.3 Å². The Balaban J connectivity index is 2.56. The normalized spacial score (nSPS) is 19.9. The van der Waals surface area contributed by atoms with Gasteiger partial charge in [0.2, 0.25) is 5.71 Å². The fourth-order valence-corrected chi connectivity index (χ4v) is 0.968. The zero-order valence-corrected chi connectivity index (χ0v) is 8.35. The van der Waals surface area contributed by atoms with Crippen LogP contribution in [0.4, 0.5) is 0 Å². The van der Waals surface area contributed by atoms with Crippen molar-refractivity contribution in [1.29, 1.82) is 5.26 Å². The van der Waals surface area contributed by atoms with Crippen LogP contribution in [0.15, 0.2) is 10.3 Å². The maximum Gasteiger partial charge on any atom is 0.289 e. The van der Waals surface area contributed by atoms with Crippen LogP contribution in [0.25, 0.3) is 0 Å². The van der Waals surface area contributed by atoms with Crippen molar-refractivity contribution in [2.45, 2.75) is 19.4 Å². The quantitative estimate of drug-likeness (QED) is 0.502. The van der Waals surface area contributed by atoms with Crippen molar-refractivity contribution in [1.82, 2.24) is 5.32 Å². The first-order valence-electron chi connectivity index (χ1n) is 4.22. The monoisotopic (exact) mass is 210 g/mol. The van der Waals surface area contributed by atoms with Gasteiger partial charge in [-0.3, -0.25) is 4.79 Å². The summed E-state index contributed by atoms with van der Waals surface area (Å²) in [6, 6.07) is 1.61. The molecular weight excluding hydrogens is 200 g/mol. The van der Waals surface area contributed by atoms with Crippen LogP contribution in [0.3, 0.4) is 0 Å². The van der Waals surface area contributed by atoms with Crippen LogP contribution < -0.4 is 5.32 Å². The second-order valence-electron chi connectivity index (χ2n) is 2.85. The third-order valence-corrected chi connectivity index (χ3v) is 1.59. The van der Waals surface area contributed by atoms with E-state index in [2.05, 4.69) is 20.5 Å². The fourth-order valence-electron chi connectivity index (χ4n) is 0.968. The molecule has 0 aromatic heterocycles. The van der Waals surface area contributed by atoms with Gasteiger partial charge in [-0.1, -0.05) is 10.3 Å². The number of nitriles is 1. The summed E-state index contributed by atoms with van der Waals surface area (Å²) >= 11 is 0. The summed E-state index contributed by atoms with van der Waals surface area (Å²) in [5.41, 5.74) is -0.361. The van der Waals surface area contributed by atoms with Gasteiger partial charge >= 0.3 is 0 Å². The first-order valence-corrected chi connectivity index (χ1v) is 4.22. The van der Waals surface area contributed by atoms with Crippen molar-refractivity contribution in [3.63, 3.8) is 0 Å². The summed E-state index contributed by atoms with van der Waals surface area (Å²) in [5, 5.41) is 17.8. The molecule has 80 valence electrons. The second kappa shape index (κ2) is 4.95. The van der Waals surface area contributed by atoms with Gasteiger partial charge in [-0.05, 0) is 6.92 Å². The zero-order valence-electron chi connectivity index (χ0n) is 8.35. The molecule has 1 amide bonds. The minimum atomic E-state index is -0.657. The lowest BCUT2D eigenvalue weighted by Crippen LogP contribution is -2.35. The highest BCUT2D eigenvalue weighted by atomic mass is 16.6. The summed E-state index contributed by atoms with van der Waals surface area (Å²) < 4.78 is 0. The maximum atomic E-state index is 11.3. The Morgan fingerprint density at radius 3 is 3.07 bits per heavy atom. The number of hydrogen-bond donors (Lipinski definition) is 1. The van der Waals surface area contributed by atoms with Crippen molar-refractivity contribution in [2.75, 3.05) is 7.11 Å². The van der Waals surface area contributed by atoms with Gasteiger partial charge in [0, 0.05) is 6.42 Å². The molecule has 7 nitrogen and oxygen atoms in total. The summed E-state index contributed by atoms with van der Waals surface area (Å²) in [4.78, 5) is 20.5. The molecule has 0 radical (unpaired) electrons. The first kappa shape index (κ1) is 11.0. The predicted octanol–water partition coefficient (Wildman–Crippen LogP) is -0.249. The third-order valence-electron chi connectivity index (χ3n) is 1.59. The van der Waals surface area contributed by atoms with Crippen molar-refractivity contribution in [3.05, 3.63) is 0 Å². The van der Waals surface area contributed by atoms with E-state index in [-0.39, 0.29) is 11.8 Å². The van der Waals surface area contributed by atoms with Gasteiger partial charge in [-0.2, -0.15) is 5.26 Å². The van der Waals surface area contributed by atoms with Crippen LogP contribution >= 0.6 is 0 Å². The summed E-state index contributed by atoms with van der Waals surface area (Å²) in [6.45, 7) is 1.82. The van der Waals surface area contributed by atoms with Crippen LogP contribution in [-0.2, 0) is 14.5 Å². The lowest BCUT2D eigenvalue weighted by molar-refractivity contribution is -0.113. The molecule has 15 heavy (non-hydrogen) atoms. The van der Waals surface area contributed by atoms with E-state index in [9.17, 15) is 4.79 Å². The Kier molecular flexibility index (Phi) is 3.62. The number of nitrogens with zero attached hydrogens (tertiary/aromatic N) is 3. The summed E-state index contributed by atoms with van der Waals surface area (Å²) in [5.74, 6) is -0.276. The SMILES string of the molecule is CO/N=C(\C#N)C(=O)NC1=NOC(C)C1. The highest BCUT2D eigenvalue weighted by Gasteiger charge is 2.20. The Labute approximate surface area is 86.3 Å². The Morgan fingerprint density at radius 2 is 2.60 bits per heavy atom. The standard InChI is InChI=1S/C8H10N4O3/c1-5-3-7(12-15-5)10-8(13)6(4-9)11-14-2/h5H,3H2,1-2H3,(H,10,12,13)/b11-6+. The number of rotatable bonds is 2. The van der Waals surface area contributed by atoms with E-state index in [1.807, 2.05) is 6.92 Å². The van der Waals surface area contributed by atoms with Crippen molar-refractivity contribution < 1.29 is 14.5 Å². The summed E-state index contributed by atoms with van der Waals surface area (Å²) in [6.07, 6.45) is 0.433. The largest absolute Gasteiger partial charge is 0.398 e. The molecule has 0 fully saturated rings. The number of amidine groups is 1. The number of amides is 1. The van der Waals surface area contributed by atoms with E-state index in [0.29, 0.717) is 12.3 Å². The number of oxime groups is 2. The van der Waals surface area contributed by atoms with Crippen LogP contribution in [0.5, 0.6) is 0 Å². The molecule has 7 heteroatoms. The van der Waals surface area contributed by atoms with Crippen LogP contribution in [-0.4, -0.2) is 30.7 Å². The van der Waals surface area contributed by atoms with Gasteiger partial charge in [0.15, 0.2) is 5.84 Å². The molecule has 0 bridgehead atoms. The molecule has 1 unspecified atom stereocenters. The Bertz CT molecular complexity index is 355. The average molecular weight is 210 g/mol. The smallest absolute Gasteiger partial charge is 0.289 e. The molecule has 1 N–H and O–H groups in total. The molecule has 0 saturated carbocycles. The Morgan fingerprint density at radius 1 is 1.87 bits per heavy atom. The molecule has 0 aromatic carbocycles. The minimum absolute atomic E-state index is 0.0646. The van der Waals surface area contributed by atoms with E-state index in [1.54, 1.807) is 6.07 Å². The molecule has 1 atom stereocenters. The topological polar surface area (TPSA) is 96.1 Å². The molecule has 1 aliphatic heterocycles. The molecule has 0 aromatic rings. The first-order chi connectivity index (χ1) is 7.17. The van der Waals surface area contributed by atoms with E-state index in [0.717, 1.165) is 0 Å². The van der Waals surface area contributed by atoms with Gasteiger partial charge in [-0.25, -0.2) is 0 Å². The van der Waals surface area contributed by atoms with Gasteiger partial charge in [0.05, 0.1) is 0 Å². The predicted molar refractivity (Wildman–Crippen MR) is 50.8 cm³/mol. The van der Waals surface area contributed by atoms with Gasteiger partial charge < -0.3 is 15.0 Å². The molecule has 0 spiro atoms. The number of hydrogen-bond acceptors (Lipinski definition) is 6. The number of carbonyl (C=O) groups excluding carboxylic acids is 1. The van der Waals surface area contributed by atoms with Gasteiger partial charge in [0.25, 0.3) is 5.91 Å². The number of carbonyl (C=O) groups is 1. The maximum absolute atomic E-state index is 11.3. The second-order valence-corrected chi connectivity index (χ2v) is 2.85. The van der Waals surface area contributed by atoms with Gasteiger partial charge in [0.1, 0.15) is 19.3 Å². The zero-order chi connectivity index (χ0) is 11.3. The lowest BCUT2D eigenvalue weighted by Gasteiger charge is -2.00. The molecule has 1 heterocycles. The molecule has 0 saturated heterocycles. The number of nitrogens with one attached hydrogen (secondary N) is 1. The molecule has 1 aliphatic rings. The van der Waals surface area contributed by atoms with E-state index in [1.165, 1.54) is 7.11 Å². The van der Waals surface area contributed by atoms with Crippen molar-refractivity contribution >= 4 is 17.5 Å². The van der Waals surface area contributed by atoms with E-state index >= 15 is 0 Å². The van der Waals surface area contributed by atoms with E-state index < -0.39 is 5.91 Å². The average Bonchev–Trinajstić information content (AvgIpc) is 2.60. The fraction of sp³-hybridized carbons (Fsp3) is 0.500. The minimum Gasteiger partial charge on any atom is -0.398 e. The molecule has 1 rings (SSSR count). The van der Waals surface area contributed by atoms with Crippen molar-refractivity contribution in [3.8, 4) is 6.07 Å². The lowest BCUT2D eigenvalue weighted by atomic mass is 10.2. The Hall–Kier alpha value is -2.10. The van der Waals surface area contributed by atoms with Gasteiger partial charge in [-0.15, -0.1) is 0 Å². The highest BCUT2D eigenvalue weighted by Crippen LogP contribution is 2.06. The molecular formula is C8H10N4O3. The molecule has 0 aliphatic carbocycles. The third kappa shape index (κ3) is 2.95. The summed E-state index contributed by atoms with van der Waals surface area (Å²) in [7, 11) is 1.25. The van der Waals surface area contributed by atoms with Crippen molar-refractivity contribution in [2.24, 2.45) is 10.3 Å². The van der Waals surface area contributed by atoms with Crippen LogP contribution in [0.1, 0.15) is 13.3 Å². The van der Waals surface area contributed by atoms with Crippen LogP contribution in [0.2, 0.25) is 0 Å². The highest BCUT2D eigenvalue weighted by molar-refractivity contribution is 6.47.